The van der Waals surface area contributed by atoms with Gasteiger partial charge in [0.15, 0.2) is 6.29 Å². The van der Waals surface area contributed by atoms with Gasteiger partial charge in [0.25, 0.3) is 0 Å². The SMILES string of the molecule is CCc1cnccc1CN1CN(c2ccc(C(c3ccccc3)(c3ccccc3)c3ccccc3)cc2)C(C(=O)C=O)C1(C)C. The van der Waals surface area contributed by atoms with Gasteiger partial charge in [0.2, 0.25) is 5.78 Å². The molecule has 0 bridgehead atoms. The maximum absolute atomic E-state index is 13.3. The lowest BCUT2D eigenvalue weighted by Gasteiger charge is -2.37. The highest BCUT2D eigenvalue weighted by Gasteiger charge is 2.50. The normalized spacial score (nSPS) is 16.4. The highest BCUT2D eigenvalue weighted by atomic mass is 16.2. The van der Waals surface area contributed by atoms with E-state index in [1.807, 2.05) is 30.6 Å². The van der Waals surface area contributed by atoms with Crippen LogP contribution >= 0.6 is 0 Å². The van der Waals surface area contributed by atoms with Crippen molar-refractivity contribution in [2.75, 3.05) is 11.6 Å². The summed E-state index contributed by atoms with van der Waals surface area (Å²) in [5, 5.41) is 0. The number of carbonyl (C=O) groups is 2. The number of pyridine rings is 1. The molecule has 0 N–H and O–H groups in total. The molecule has 2 heterocycles. The van der Waals surface area contributed by atoms with Crippen molar-refractivity contribution in [3.05, 3.63) is 167 Å². The molecule has 0 radical (unpaired) electrons. The zero-order chi connectivity index (χ0) is 31.4. The minimum absolute atomic E-state index is 0.413. The van der Waals surface area contributed by atoms with E-state index in [1.54, 1.807) is 0 Å². The number of benzene rings is 4. The van der Waals surface area contributed by atoms with Gasteiger partial charge in [-0.05, 0) is 71.8 Å². The highest BCUT2D eigenvalue weighted by Crippen LogP contribution is 2.46. The van der Waals surface area contributed by atoms with Crippen molar-refractivity contribution >= 4 is 17.8 Å². The van der Waals surface area contributed by atoms with E-state index in [0.29, 0.717) is 19.5 Å². The number of ketones is 1. The van der Waals surface area contributed by atoms with Gasteiger partial charge in [0, 0.05) is 30.2 Å². The van der Waals surface area contributed by atoms with Crippen LogP contribution in [-0.2, 0) is 28.0 Å². The number of nitrogens with zero attached hydrogens (tertiary/aromatic N) is 3. The van der Waals surface area contributed by atoms with Crippen LogP contribution in [0.3, 0.4) is 0 Å². The summed E-state index contributed by atoms with van der Waals surface area (Å²) in [6.45, 7) is 7.43. The Balaban J connectivity index is 1.45. The van der Waals surface area contributed by atoms with Gasteiger partial charge in [-0.25, -0.2) is 0 Å². The number of Topliss-reactive ketones (excluding diaryl/α,β-unsaturated/α-hetero) is 1. The van der Waals surface area contributed by atoms with Gasteiger partial charge in [0.05, 0.1) is 12.1 Å². The van der Waals surface area contributed by atoms with E-state index in [4.69, 9.17) is 0 Å². The third kappa shape index (κ3) is 5.38. The van der Waals surface area contributed by atoms with Crippen molar-refractivity contribution in [3.8, 4) is 0 Å². The summed E-state index contributed by atoms with van der Waals surface area (Å²) in [7, 11) is 0. The van der Waals surface area contributed by atoms with E-state index in [2.05, 4.69) is 139 Å². The van der Waals surface area contributed by atoms with Crippen LogP contribution in [0.25, 0.3) is 0 Å². The molecule has 1 fully saturated rings. The summed E-state index contributed by atoms with van der Waals surface area (Å²) in [6.07, 6.45) is 5.10. The predicted octanol–water partition coefficient (Wildman–Crippen LogP) is 7.22. The molecule has 1 aliphatic rings. The Bertz CT molecular complexity index is 1660. The summed E-state index contributed by atoms with van der Waals surface area (Å²) >= 11 is 0. The zero-order valence-electron chi connectivity index (χ0n) is 26.1. The minimum Gasteiger partial charge on any atom is -0.346 e. The number of rotatable bonds is 10. The maximum Gasteiger partial charge on any atom is 0.219 e. The molecule has 6 rings (SSSR count). The summed E-state index contributed by atoms with van der Waals surface area (Å²) < 4.78 is 0. The van der Waals surface area contributed by atoms with E-state index in [0.717, 1.165) is 17.7 Å². The van der Waals surface area contributed by atoms with E-state index in [-0.39, 0.29) is 0 Å². The van der Waals surface area contributed by atoms with Crippen LogP contribution in [0.15, 0.2) is 134 Å². The molecule has 1 aromatic heterocycles. The minimum atomic E-state index is -0.616. The summed E-state index contributed by atoms with van der Waals surface area (Å²) in [5.74, 6) is -0.413. The number of hydrogen-bond donors (Lipinski definition) is 0. The lowest BCUT2D eigenvalue weighted by atomic mass is 9.65. The average molecular weight is 594 g/mol. The maximum atomic E-state index is 13.3. The van der Waals surface area contributed by atoms with Crippen LogP contribution in [0.2, 0.25) is 0 Å². The third-order valence-corrected chi connectivity index (χ3v) is 9.50. The first-order chi connectivity index (χ1) is 21.9. The van der Waals surface area contributed by atoms with Crippen molar-refractivity contribution in [2.45, 2.75) is 50.7 Å². The molecule has 0 saturated carbocycles. The van der Waals surface area contributed by atoms with E-state index in [1.165, 1.54) is 27.8 Å². The Hall–Kier alpha value is -4.87. The van der Waals surface area contributed by atoms with Crippen LogP contribution in [-0.4, -0.2) is 40.2 Å². The molecule has 1 saturated heterocycles. The monoisotopic (exact) mass is 593 g/mol. The van der Waals surface area contributed by atoms with Crippen molar-refractivity contribution in [3.63, 3.8) is 0 Å². The number of aldehydes is 1. The number of hydrogen-bond acceptors (Lipinski definition) is 5. The van der Waals surface area contributed by atoms with E-state index in [9.17, 15) is 9.59 Å². The van der Waals surface area contributed by atoms with Crippen LogP contribution in [0, 0.1) is 0 Å². The second kappa shape index (κ2) is 12.6. The molecule has 1 atom stereocenters. The van der Waals surface area contributed by atoms with Crippen molar-refractivity contribution in [1.82, 2.24) is 9.88 Å². The topological polar surface area (TPSA) is 53.5 Å². The smallest absolute Gasteiger partial charge is 0.219 e. The summed E-state index contributed by atoms with van der Waals surface area (Å²) in [4.78, 5) is 33.9. The van der Waals surface area contributed by atoms with E-state index < -0.39 is 22.8 Å². The molecule has 0 aliphatic carbocycles. The first-order valence-corrected chi connectivity index (χ1v) is 15.6. The van der Waals surface area contributed by atoms with Crippen LogP contribution < -0.4 is 4.90 Å². The Morgan fingerprint density at radius 2 is 1.29 bits per heavy atom. The van der Waals surface area contributed by atoms with Gasteiger partial charge < -0.3 is 4.90 Å². The fourth-order valence-corrected chi connectivity index (χ4v) is 7.15. The van der Waals surface area contributed by atoms with Crippen LogP contribution in [0.4, 0.5) is 5.69 Å². The first kappa shape index (κ1) is 30.2. The van der Waals surface area contributed by atoms with Gasteiger partial charge in [-0.2, -0.15) is 0 Å². The van der Waals surface area contributed by atoms with Crippen molar-refractivity contribution in [1.29, 1.82) is 0 Å². The zero-order valence-corrected chi connectivity index (χ0v) is 26.1. The lowest BCUT2D eigenvalue weighted by molar-refractivity contribution is -0.131. The van der Waals surface area contributed by atoms with Crippen molar-refractivity contribution in [2.24, 2.45) is 0 Å². The Morgan fingerprint density at radius 3 is 1.78 bits per heavy atom. The second-order valence-corrected chi connectivity index (χ2v) is 12.3. The van der Waals surface area contributed by atoms with Gasteiger partial charge in [-0.1, -0.05) is 110 Å². The molecule has 5 aromatic rings. The summed E-state index contributed by atoms with van der Waals surface area (Å²) in [6, 6.07) is 41.9. The molecular weight excluding hydrogens is 554 g/mol. The molecule has 1 aliphatic heterocycles. The Kier molecular flexibility index (Phi) is 8.46. The first-order valence-electron chi connectivity index (χ1n) is 15.6. The molecule has 226 valence electrons. The standard InChI is InChI=1S/C40H39N3O2/c1-4-30-26-41-25-24-31(30)27-42-29-43(38(37(45)28-44)39(42,2)3)36-22-20-35(21-23-36)40(32-14-8-5-9-15-32,33-16-10-6-11-17-33)34-18-12-7-13-19-34/h5-26,28,38H,4,27,29H2,1-3H3. The fraction of sp³-hybridized carbons (Fsp3) is 0.225. The number of aryl methyl sites for hydroxylation is 1. The van der Waals surface area contributed by atoms with Gasteiger partial charge in [0.1, 0.15) is 6.04 Å². The van der Waals surface area contributed by atoms with Crippen LogP contribution in [0.1, 0.15) is 54.2 Å². The molecule has 45 heavy (non-hydrogen) atoms. The quantitative estimate of drug-likeness (QED) is 0.0972. The third-order valence-electron chi connectivity index (χ3n) is 9.50. The largest absolute Gasteiger partial charge is 0.346 e. The molecule has 5 heteroatoms. The molecule has 5 nitrogen and oxygen atoms in total. The van der Waals surface area contributed by atoms with Gasteiger partial charge in [-0.3, -0.25) is 19.5 Å². The molecular formula is C40H39N3O2. The van der Waals surface area contributed by atoms with Crippen molar-refractivity contribution < 1.29 is 9.59 Å². The molecule has 1 unspecified atom stereocenters. The average Bonchev–Trinajstić information content (AvgIpc) is 3.36. The lowest BCUT2D eigenvalue weighted by Crippen LogP contribution is -2.51. The highest BCUT2D eigenvalue weighted by molar-refractivity contribution is 6.28. The number of aromatic nitrogens is 1. The number of carbonyl (C=O) groups excluding carboxylic acids is 2. The molecule has 0 amide bonds. The Morgan fingerprint density at radius 1 is 0.778 bits per heavy atom. The molecule has 4 aromatic carbocycles. The molecule has 0 spiro atoms. The second-order valence-electron chi connectivity index (χ2n) is 12.3. The van der Waals surface area contributed by atoms with E-state index >= 15 is 0 Å². The fourth-order valence-electron chi connectivity index (χ4n) is 7.15. The van der Waals surface area contributed by atoms with Crippen LogP contribution in [0.5, 0.6) is 0 Å². The Labute approximate surface area is 266 Å². The van der Waals surface area contributed by atoms with Gasteiger partial charge in [-0.15, -0.1) is 0 Å². The van der Waals surface area contributed by atoms with Gasteiger partial charge >= 0.3 is 0 Å². The predicted molar refractivity (Wildman–Crippen MR) is 180 cm³/mol. The summed E-state index contributed by atoms with van der Waals surface area (Å²) in [5.41, 5.74) is 6.77. The number of anilines is 1.